The van der Waals surface area contributed by atoms with E-state index in [2.05, 4.69) is 5.16 Å². The van der Waals surface area contributed by atoms with E-state index in [9.17, 15) is 0 Å². The first-order chi connectivity index (χ1) is 6.68. The van der Waals surface area contributed by atoms with Gasteiger partial charge in [0.1, 0.15) is 7.05 Å². The zero-order chi connectivity index (χ0) is 10.1. The van der Waals surface area contributed by atoms with Crippen molar-refractivity contribution < 1.29 is 21.5 Å². The highest BCUT2D eigenvalue weighted by Crippen LogP contribution is 2.23. The van der Waals surface area contributed by atoms with E-state index in [0.717, 1.165) is 22.6 Å². The first kappa shape index (κ1) is 11.7. The molecule has 2 aromatic heterocycles. The topological polar surface area (TPSA) is 29.9 Å². The minimum absolute atomic E-state index is 0. The lowest BCUT2D eigenvalue weighted by Gasteiger charge is -1.94. The van der Waals surface area contributed by atoms with Crippen molar-refractivity contribution >= 4 is 0 Å². The first-order valence-corrected chi connectivity index (χ1v) is 4.57. The van der Waals surface area contributed by atoms with Gasteiger partial charge in [0.25, 0.3) is 0 Å². The molecular formula is C11H13ClN2O. The second kappa shape index (κ2) is 4.45. The zero-order valence-corrected chi connectivity index (χ0v) is 9.75. The molecule has 0 aromatic carbocycles. The lowest BCUT2D eigenvalue weighted by Crippen LogP contribution is -3.00. The van der Waals surface area contributed by atoms with Crippen molar-refractivity contribution in [2.75, 3.05) is 0 Å². The van der Waals surface area contributed by atoms with Crippen LogP contribution in [0.2, 0.25) is 0 Å². The SMILES string of the molecule is Cc1noc(-c2cc[n+](C)cc2)c1C.[Cl-]. The Hall–Kier alpha value is -1.35. The molecule has 80 valence electrons. The fraction of sp³-hybridized carbons (Fsp3) is 0.273. The van der Waals surface area contributed by atoms with Crippen LogP contribution in [0.25, 0.3) is 11.3 Å². The molecule has 0 aliphatic carbocycles. The molecule has 15 heavy (non-hydrogen) atoms. The van der Waals surface area contributed by atoms with E-state index in [1.165, 1.54) is 0 Å². The largest absolute Gasteiger partial charge is 1.00 e. The predicted octanol–water partition coefficient (Wildman–Crippen LogP) is -1.21. The maximum Gasteiger partial charge on any atom is 0.170 e. The lowest BCUT2D eigenvalue weighted by atomic mass is 10.1. The molecule has 0 saturated carbocycles. The summed E-state index contributed by atoms with van der Waals surface area (Å²) in [7, 11) is 1.99. The van der Waals surface area contributed by atoms with E-state index in [1.54, 1.807) is 0 Å². The average molecular weight is 225 g/mol. The van der Waals surface area contributed by atoms with E-state index in [-0.39, 0.29) is 12.4 Å². The summed E-state index contributed by atoms with van der Waals surface area (Å²) in [4.78, 5) is 0. The first-order valence-electron chi connectivity index (χ1n) is 4.57. The molecule has 0 fully saturated rings. The number of nitrogens with zero attached hydrogens (tertiary/aromatic N) is 2. The number of rotatable bonds is 1. The van der Waals surface area contributed by atoms with Gasteiger partial charge in [0, 0.05) is 23.3 Å². The molecule has 2 heterocycles. The fourth-order valence-electron chi connectivity index (χ4n) is 1.34. The maximum absolute atomic E-state index is 5.26. The van der Waals surface area contributed by atoms with E-state index < -0.39 is 0 Å². The number of pyridine rings is 1. The van der Waals surface area contributed by atoms with Crippen molar-refractivity contribution in [2.45, 2.75) is 13.8 Å². The van der Waals surface area contributed by atoms with Crippen LogP contribution in [0.5, 0.6) is 0 Å². The van der Waals surface area contributed by atoms with E-state index >= 15 is 0 Å². The van der Waals surface area contributed by atoms with Crippen molar-refractivity contribution in [1.82, 2.24) is 5.16 Å². The summed E-state index contributed by atoms with van der Waals surface area (Å²) in [6.45, 7) is 3.97. The third-order valence-electron chi connectivity index (χ3n) is 2.40. The molecule has 0 bridgehead atoms. The molecule has 0 aliphatic rings. The average Bonchev–Trinajstić information content (AvgIpc) is 2.50. The molecule has 0 N–H and O–H groups in total. The molecule has 3 nitrogen and oxygen atoms in total. The summed E-state index contributed by atoms with van der Waals surface area (Å²) >= 11 is 0. The highest BCUT2D eigenvalue weighted by Gasteiger charge is 2.11. The summed E-state index contributed by atoms with van der Waals surface area (Å²) in [5.74, 6) is 0.864. The van der Waals surface area contributed by atoms with Crippen LogP contribution in [0.15, 0.2) is 29.0 Å². The monoisotopic (exact) mass is 224 g/mol. The molecular weight excluding hydrogens is 212 g/mol. The summed E-state index contributed by atoms with van der Waals surface area (Å²) in [5.41, 5.74) is 3.13. The van der Waals surface area contributed by atoms with Gasteiger partial charge in [-0.3, -0.25) is 0 Å². The Morgan fingerprint density at radius 2 is 1.80 bits per heavy atom. The summed E-state index contributed by atoms with van der Waals surface area (Å²) in [6, 6.07) is 4.04. The smallest absolute Gasteiger partial charge is 0.170 e. The molecule has 0 amide bonds. The minimum Gasteiger partial charge on any atom is -1.00 e. The van der Waals surface area contributed by atoms with Crippen LogP contribution < -0.4 is 17.0 Å². The molecule has 0 unspecified atom stereocenters. The maximum atomic E-state index is 5.26. The van der Waals surface area contributed by atoms with Gasteiger partial charge in [-0.15, -0.1) is 0 Å². The Kier molecular flexibility index (Phi) is 3.48. The zero-order valence-electron chi connectivity index (χ0n) is 8.99. The van der Waals surface area contributed by atoms with E-state index in [0.29, 0.717) is 0 Å². The molecule has 0 radical (unpaired) electrons. The fourth-order valence-corrected chi connectivity index (χ4v) is 1.34. The van der Waals surface area contributed by atoms with Crippen LogP contribution in [-0.2, 0) is 7.05 Å². The van der Waals surface area contributed by atoms with E-state index in [1.807, 2.05) is 50.0 Å². The van der Waals surface area contributed by atoms with Crippen molar-refractivity contribution in [3.05, 3.63) is 35.8 Å². The molecule has 0 atom stereocenters. The Labute approximate surface area is 95.1 Å². The normalized spacial score (nSPS) is 9.80. The highest BCUT2D eigenvalue weighted by molar-refractivity contribution is 5.60. The molecule has 2 rings (SSSR count). The number of aromatic nitrogens is 2. The van der Waals surface area contributed by atoms with Crippen LogP contribution in [0.4, 0.5) is 0 Å². The summed E-state index contributed by atoms with van der Waals surface area (Å²) < 4.78 is 7.25. The Morgan fingerprint density at radius 3 is 2.27 bits per heavy atom. The second-order valence-electron chi connectivity index (χ2n) is 3.47. The van der Waals surface area contributed by atoms with Crippen LogP contribution in [0.1, 0.15) is 11.3 Å². The van der Waals surface area contributed by atoms with Gasteiger partial charge in [-0.25, -0.2) is 4.57 Å². The van der Waals surface area contributed by atoms with Gasteiger partial charge in [0.15, 0.2) is 18.2 Å². The van der Waals surface area contributed by atoms with Crippen LogP contribution in [0, 0.1) is 13.8 Å². The predicted molar refractivity (Wildman–Crippen MR) is 52.6 cm³/mol. The van der Waals surface area contributed by atoms with Crippen molar-refractivity contribution in [2.24, 2.45) is 7.05 Å². The molecule has 0 spiro atoms. The number of hydrogen-bond acceptors (Lipinski definition) is 2. The number of hydrogen-bond donors (Lipinski definition) is 0. The summed E-state index contributed by atoms with van der Waals surface area (Å²) in [5, 5.41) is 3.93. The van der Waals surface area contributed by atoms with Gasteiger partial charge in [-0.1, -0.05) is 5.16 Å². The second-order valence-corrected chi connectivity index (χ2v) is 3.47. The van der Waals surface area contributed by atoms with Gasteiger partial charge in [-0.05, 0) is 13.8 Å². The molecule has 4 heteroatoms. The third kappa shape index (κ3) is 2.18. The van der Waals surface area contributed by atoms with Crippen LogP contribution in [0.3, 0.4) is 0 Å². The number of halogens is 1. The van der Waals surface area contributed by atoms with Gasteiger partial charge in [0.2, 0.25) is 0 Å². The van der Waals surface area contributed by atoms with Crippen LogP contribution >= 0.6 is 0 Å². The quantitative estimate of drug-likeness (QED) is 0.569. The standard InChI is InChI=1S/C11H13N2O.ClH/c1-8-9(2)12-14-11(8)10-4-6-13(3)7-5-10;/h4-7H,1-3H3;1H/q+1;/p-1. The van der Waals surface area contributed by atoms with Gasteiger partial charge >= 0.3 is 0 Å². The molecule has 2 aromatic rings. The third-order valence-corrected chi connectivity index (χ3v) is 2.40. The Morgan fingerprint density at radius 1 is 1.20 bits per heavy atom. The van der Waals surface area contributed by atoms with Gasteiger partial charge in [-0.2, -0.15) is 0 Å². The van der Waals surface area contributed by atoms with Crippen molar-refractivity contribution in [1.29, 1.82) is 0 Å². The van der Waals surface area contributed by atoms with Crippen molar-refractivity contribution in [3.63, 3.8) is 0 Å². The van der Waals surface area contributed by atoms with Crippen molar-refractivity contribution in [3.8, 4) is 11.3 Å². The van der Waals surface area contributed by atoms with E-state index in [4.69, 9.17) is 4.52 Å². The van der Waals surface area contributed by atoms with Gasteiger partial charge < -0.3 is 16.9 Å². The lowest BCUT2D eigenvalue weighted by molar-refractivity contribution is -0.671. The summed E-state index contributed by atoms with van der Waals surface area (Å²) in [6.07, 6.45) is 3.99. The number of aryl methyl sites for hydroxylation is 2. The highest BCUT2D eigenvalue weighted by atomic mass is 35.5. The minimum atomic E-state index is 0. The molecule has 0 saturated heterocycles. The van der Waals surface area contributed by atoms with Crippen LogP contribution in [-0.4, -0.2) is 5.16 Å². The molecule has 0 aliphatic heterocycles. The Bertz CT molecular complexity index is 448. The van der Waals surface area contributed by atoms with Gasteiger partial charge in [0.05, 0.1) is 5.69 Å². The Balaban J connectivity index is 0.00000112.